The number of furan rings is 1. The third kappa shape index (κ3) is 4.26. The Kier molecular flexibility index (Phi) is 5.57. The number of rotatable bonds is 8. The molecule has 0 aliphatic heterocycles. The van der Waals surface area contributed by atoms with E-state index in [4.69, 9.17) is 8.94 Å². The lowest BCUT2D eigenvalue weighted by Gasteiger charge is -2.08. The van der Waals surface area contributed by atoms with Crippen LogP contribution >= 0.6 is 11.8 Å². The fraction of sp³-hybridized carbons (Fsp3) is 0.136. The Balaban J connectivity index is 1.27. The Morgan fingerprint density at radius 1 is 0.935 bits per heavy atom. The molecule has 1 aromatic carbocycles. The van der Waals surface area contributed by atoms with Gasteiger partial charge in [0.25, 0.3) is 0 Å². The molecule has 0 saturated heterocycles. The molecule has 5 aromatic rings. The van der Waals surface area contributed by atoms with Crippen molar-refractivity contribution < 1.29 is 8.94 Å². The Morgan fingerprint density at radius 3 is 2.61 bits per heavy atom. The maximum atomic E-state index is 5.55. The molecule has 0 amide bonds. The molecule has 0 aliphatic carbocycles. The fourth-order valence-corrected chi connectivity index (χ4v) is 3.99. The molecule has 5 rings (SSSR count). The van der Waals surface area contributed by atoms with E-state index in [0.717, 1.165) is 28.6 Å². The predicted octanol–water partition coefficient (Wildman–Crippen LogP) is 4.70. The molecular formula is C22H18N6O2S. The molecule has 0 fully saturated rings. The zero-order chi connectivity index (χ0) is 20.9. The van der Waals surface area contributed by atoms with E-state index in [0.29, 0.717) is 29.7 Å². The van der Waals surface area contributed by atoms with Crippen molar-refractivity contribution in [2.75, 3.05) is 5.75 Å². The molecule has 0 radical (unpaired) electrons. The molecule has 0 saturated carbocycles. The lowest BCUT2D eigenvalue weighted by Crippen LogP contribution is -1.99. The van der Waals surface area contributed by atoms with Crippen LogP contribution in [0.5, 0.6) is 0 Å². The normalized spacial score (nSPS) is 11.1. The van der Waals surface area contributed by atoms with Crippen LogP contribution in [0.4, 0.5) is 0 Å². The van der Waals surface area contributed by atoms with Crippen LogP contribution in [-0.4, -0.2) is 35.6 Å². The second kappa shape index (κ2) is 8.97. The molecule has 0 spiro atoms. The Labute approximate surface area is 182 Å². The number of benzene rings is 1. The summed E-state index contributed by atoms with van der Waals surface area (Å²) in [6, 6.07) is 17.5. The van der Waals surface area contributed by atoms with Gasteiger partial charge < -0.3 is 8.94 Å². The molecule has 0 aliphatic rings. The molecule has 154 valence electrons. The van der Waals surface area contributed by atoms with Crippen molar-refractivity contribution in [2.24, 2.45) is 0 Å². The van der Waals surface area contributed by atoms with Crippen LogP contribution in [0.2, 0.25) is 0 Å². The first-order chi connectivity index (χ1) is 15.4. The third-order valence-corrected chi connectivity index (χ3v) is 5.58. The quantitative estimate of drug-likeness (QED) is 0.258. The van der Waals surface area contributed by atoms with Gasteiger partial charge in [0.05, 0.1) is 6.26 Å². The summed E-state index contributed by atoms with van der Waals surface area (Å²) in [6.45, 7) is 0. The first-order valence-corrected chi connectivity index (χ1v) is 10.8. The summed E-state index contributed by atoms with van der Waals surface area (Å²) in [6.07, 6.45) is 6.61. The van der Waals surface area contributed by atoms with Gasteiger partial charge in [0.1, 0.15) is 0 Å². The van der Waals surface area contributed by atoms with E-state index in [-0.39, 0.29) is 0 Å². The van der Waals surface area contributed by atoms with E-state index >= 15 is 0 Å². The van der Waals surface area contributed by atoms with Gasteiger partial charge in [-0.3, -0.25) is 9.55 Å². The summed E-state index contributed by atoms with van der Waals surface area (Å²) in [5, 5.41) is 13.6. The number of nitrogens with zero attached hydrogens (tertiary/aromatic N) is 6. The number of para-hydroxylation sites is 1. The Hall–Kier alpha value is -3.72. The highest BCUT2D eigenvalue weighted by molar-refractivity contribution is 7.99. The number of aromatic nitrogens is 6. The van der Waals surface area contributed by atoms with Gasteiger partial charge in [-0.25, -0.2) is 0 Å². The average molecular weight is 430 g/mol. The van der Waals surface area contributed by atoms with Gasteiger partial charge in [-0.05, 0) is 42.8 Å². The molecule has 0 atom stereocenters. The second-order valence-corrected chi connectivity index (χ2v) is 7.72. The largest absolute Gasteiger partial charge is 0.461 e. The highest BCUT2D eigenvalue weighted by Crippen LogP contribution is 2.28. The molecule has 0 N–H and O–H groups in total. The molecule has 4 heterocycles. The van der Waals surface area contributed by atoms with E-state index in [1.54, 1.807) is 30.4 Å². The van der Waals surface area contributed by atoms with Crippen molar-refractivity contribution in [1.82, 2.24) is 29.9 Å². The van der Waals surface area contributed by atoms with E-state index in [1.807, 2.05) is 59.2 Å². The van der Waals surface area contributed by atoms with Crippen LogP contribution in [0.25, 0.3) is 28.7 Å². The van der Waals surface area contributed by atoms with Gasteiger partial charge in [-0.2, -0.15) is 4.98 Å². The van der Waals surface area contributed by atoms with Crippen LogP contribution in [0.1, 0.15) is 12.3 Å². The van der Waals surface area contributed by atoms with Crippen LogP contribution < -0.4 is 0 Å². The van der Waals surface area contributed by atoms with Crippen molar-refractivity contribution in [3.63, 3.8) is 0 Å². The van der Waals surface area contributed by atoms with Gasteiger partial charge in [-0.15, -0.1) is 10.2 Å². The summed E-state index contributed by atoms with van der Waals surface area (Å²) in [7, 11) is 0. The number of hydrogen-bond acceptors (Lipinski definition) is 8. The lowest BCUT2D eigenvalue weighted by atomic mass is 10.2. The molecular weight excluding hydrogens is 412 g/mol. The molecule has 4 aromatic heterocycles. The van der Waals surface area contributed by atoms with Crippen LogP contribution in [0, 0.1) is 0 Å². The van der Waals surface area contributed by atoms with Crippen molar-refractivity contribution >= 4 is 11.8 Å². The third-order valence-electron chi connectivity index (χ3n) is 4.56. The minimum Gasteiger partial charge on any atom is -0.461 e. The topological polar surface area (TPSA) is 95.7 Å². The second-order valence-electron chi connectivity index (χ2n) is 6.65. The monoisotopic (exact) mass is 430 g/mol. The van der Waals surface area contributed by atoms with Gasteiger partial charge in [0.2, 0.25) is 17.5 Å². The molecule has 0 unspecified atom stereocenters. The zero-order valence-electron chi connectivity index (χ0n) is 16.5. The van der Waals surface area contributed by atoms with Crippen molar-refractivity contribution in [2.45, 2.75) is 18.0 Å². The first-order valence-electron chi connectivity index (χ1n) is 9.79. The maximum absolute atomic E-state index is 5.55. The summed E-state index contributed by atoms with van der Waals surface area (Å²) in [4.78, 5) is 8.47. The Bertz CT molecular complexity index is 1240. The van der Waals surface area contributed by atoms with Crippen molar-refractivity contribution in [3.05, 3.63) is 79.1 Å². The van der Waals surface area contributed by atoms with Crippen molar-refractivity contribution in [1.29, 1.82) is 0 Å². The first kappa shape index (κ1) is 19.3. The van der Waals surface area contributed by atoms with E-state index in [9.17, 15) is 0 Å². The minimum absolute atomic E-state index is 0.581. The molecule has 31 heavy (non-hydrogen) atoms. The average Bonchev–Trinajstić information content (AvgIpc) is 3.59. The molecule has 9 heteroatoms. The highest BCUT2D eigenvalue weighted by atomic mass is 32.2. The number of aryl methyl sites for hydroxylation is 1. The van der Waals surface area contributed by atoms with Gasteiger partial charge in [-0.1, -0.05) is 35.1 Å². The summed E-state index contributed by atoms with van der Waals surface area (Å²) >= 11 is 1.63. The standard InChI is InChI=1S/C22H18N6O2S/c1-2-6-17(7-3-1)28-21(18-8-4-14-29-18)25-26-22(28)31-15-5-9-19-24-20(27-30-19)16-10-12-23-13-11-16/h1-4,6-8,10-14H,5,9,15H2. The van der Waals surface area contributed by atoms with Gasteiger partial charge in [0, 0.05) is 35.8 Å². The summed E-state index contributed by atoms with van der Waals surface area (Å²) < 4.78 is 12.9. The predicted molar refractivity (Wildman–Crippen MR) is 116 cm³/mol. The molecule has 0 bridgehead atoms. The maximum Gasteiger partial charge on any atom is 0.226 e. The zero-order valence-corrected chi connectivity index (χ0v) is 17.3. The van der Waals surface area contributed by atoms with Crippen LogP contribution in [-0.2, 0) is 6.42 Å². The highest BCUT2D eigenvalue weighted by Gasteiger charge is 2.18. The minimum atomic E-state index is 0.581. The van der Waals surface area contributed by atoms with Gasteiger partial charge in [0.15, 0.2) is 10.9 Å². The summed E-state index contributed by atoms with van der Waals surface area (Å²) in [5.74, 6) is 3.39. The number of hydrogen-bond donors (Lipinski definition) is 0. The lowest BCUT2D eigenvalue weighted by molar-refractivity contribution is 0.378. The number of thioether (sulfide) groups is 1. The fourth-order valence-electron chi connectivity index (χ4n) is 3.10. The Morgan fingerprint density at radius 2 is 1.81 bits per heavy atom. The smallest absolute Gasteiger partial charge is 0.226 e. The van der Waals surface area contributed by atoms with E-state index in [1.165, 1.54) is 0 Å². The van der Waals surface area contributed by atoms with Crippen LogP contribution in [0.15, 0.2) is 87.4 Å². The van der Waals surface area contributed by atoms with E-state index < -0.39 is 0 Å². The SMILES string of the molecule is c1ccc(-n2c(SCCCc3nc(-c4ccncc4)no3)nnc2-c2ccco2)cc1. The summed E-state index contributed by atoms with van der Waals surface area (Å²) in [5.41, 5.74) is 1.88. The van der Waals surface area contributed by atoms with Crippen molar-refractivity contribution in [3.8, 4) is 28.7 Å². The van der Waals surface area contributed by atoms with Crippen LogP contribution in [0.3, 0.4) is 0 Å². The van der Waals surface area contributed by atoms with Gasteiger partial charge >= 0.3 is 0 Å². The number of pyridine rings is 1. The molecule has 8 nitrogen and oxygen atoms in total. The van der Waals surface area contributed by atoms with E-state index in [2.05, 4.69) is 25.3 Å².